The summed E-state index contributed by atoms with van der Waals surface area (Å²) in [5.74, 6) is -0.498. The highest BCUT2D eigenvalue weighted by atomic mass is 32.2. The summed E-state index contributed by atoms with van der Waals surface area (Å²) in [5.41, 5.74) is 2.06. The van der Waals surface area contributed by atoms with Gasteiger partial charge in [0.2, 0.25) is 15.9 Å². The molecule has 2 aromatic carbocycles. The van der Waals surface area contributed by atoms with Gasteiger partial charge < -0.3 is 10.1 Å². The van der Waals surface area contributed by atoms with Gasteiger partial charge in [-0.2, -0.15) is 5.10 Å². The van der Waals surface area contributed by atoms with E-state index in [1.807, 2.05) is 0 Å². The summed E-state index contributed by atoms with van der Waals surface area (Å²) in [5, 5.41) is 7.65. The van der Waals surface area contributed by atoms with Crippen LogP contribution in [0.4, 0.5) is 4.39 Å². The molecule has 33 heavy (non-hydrogen) atoms. The Hall–Kier alpha value is -3.83. The van der Waals surface area contributed by atoms with Gasteiger partial charge in [-0.15, -0.1) is 0 Å². The van der Waals surface area contributed by atoms with Crippen molar-refractivity contribution in [1.82, 2.24) is 24.8 Å². The maximum Gasteiger partial charge on any atom is 0.253 e. The molecule has 11 heteroatoms. The third kappa shape index (κ3) is 4.41. The first-order chi connectivity index (χ1) is 15.8. The number of carbonyl (C=O) groups excluding carboxylic acids is 1. The van der Waals surface area contributed by atoms with Gasteiger partial charge in [-0.3, -0.25) is 4.79 Å². The van der Waals surface area contributed by atoms with E-state index in [-0.39, 0.29) is 34.6 Å². The molecule has 0 aliphatic carbocycles. The van der Waals surface area contributed by atoms with E-state index in [2.05, 4.69) is 20.1 Å². The van der Waals surface area contributed by atoms with E-state index in [1.165, 1.54) is 55.5 Å². The van der Waals surface area contributed by atoms with E-state index >= 15 is 0 Å². The molecule has 0 radical (unpaired) electrons. The lowest BCUT2D eigenvalue weighted by Gasteiger charge is -2.10. The Bertz CT molecular complexity index is 1420. The van der Waals surface area contributed by atoms with Crippen molar-refractivity contribution in [2.24, 2.45) is 0 Å². The summed E-state index contributed by atoms with van der Waals surface area (Å²) in [6.07, 6.45) is 2.92. The molecule has 1 amide bonds. The number of amides is 1. The van der Waals surface area contributed by atoms with Crippen LogP contribution in [0.25, 0.3) is 16.6 Å². The van der Waals surface area contributed by atoms with Gasteiger partial charge in [0, 0.05) is 18.1 Å². The number of methoxy groups -OCH3 is 1. The second-order valence-corrected chi connectivity index (χ2v) is 8.90. The van der Waals surface area contributed by atoms with Crippen molar-refractivity contribution in [2.75, 3.05) is 14.2 Å². The van der Waals surface area contributed by atoms with Crippen molar-refractivity contribution < 1.29 is 22.3 Å². The Morgan fingerprint density at radius 3 is 2.42 bits per heavy atom. The summed E-state index contributed by atoms with van der Waals surface area (Å²) in [7, 11) is -0.732. The third-order valence-corrected chi connectivity index (χ3v) is 6.47. The Balaban J connectivity index is 1.61. The smallest absolute Gasteiger partial charge is 0.253 e. The van der Waals surface area contributed by atoms with Crippen molar-refractivity contribution in [3.8, 4) is 11.6 Å². The number of halogens is 1. The normalized spacial score (nSPS) is 11.5. The number of sulfonamides is 1. The van der Waals surface area contributed by atoms with E-state index in [1.54, 1.807) is 24.3 Å². The summed E-state index contributed by atoms with van der Waals surface area (Å²) < 4.78 is 46.1. The molecular formula is C22H20FN5O4S. The molecule has 4 aromatic rings. The Kier molecular flexibility index (Phi) is 6.07. The predicted octanol–water partition coefficient (Wildman–Crippen LogP) is 2.41. The van der Waals surface area contributed by atoms with Crippen LogP contribution < -0.4 is 14.8 Å². The first kappa shape index (κ1) is 22.4. The van der Waals surface area contributed by atoms with Crippen LogP contribution in [0.5, 0.6) is 5.88 Å². The number of pyridine rings is 1. The molecule has 9 nitrogen and oxygen atoms in total. The van der Waals surface area contributed by atoms with Crippen LogP contribution in [0, 0.1) is 5.82 Å². The molecule has 0 bridgehead atoms. The number of nitrogens with zero attached hydrogens (tertiary/aromatic N) is 3. The zero-order valence-electron chi connectivity index (χ0n) is 17.7. The number of aromatic nitrogens is 3. The quantitative estimate of drug-likeness (QED) is 0.430. The minimum absolute atomic E-state index is 0.134. The van der Waals surface area contributed by atoms with Crippen LogP contribution in [-0.4, -0.2) is 43.2 Å². The second kappa shape index (κ2) is 8.96. The SMILES string of the molecule is CNS(=O)(=O)c1ccc(CNC(=O)c2cnc(OC)c3c2cnn3-c2ccc(F)cc2)cc1. The van der Waals surface area contributed by atoms with Crippen LogP contribution in [0.3, 0.4) is 0 Å². The van der Waals surface area contributed by atoms with Crippen LogP contribution in [-0.2, 0) is 16.6 Å². The number of hydrogen-bond donors (Lipinski definition) is 2. The lowest BCUT2D eigenvalue weighted by molar-refractivity contribution is 0.0952. The molecule has 0 atom stereocenters. The average molecular weight is 469 g/mol. The highest BCUT2D eigenvalue weighted by Gasteiger charge is 2.19. The standard InChI is InChI=1S/C22H20FN5O4S/c1-24-33(30,31)17-9-3-14(4-10-17)11-25-21(29)19-12-26-22(32-2)20-18(19)13-27-28(20)16-7-5-15(23)6-8-16/h3-10,12-13,24H,11H2,1-2H3,(H,25,29). The fourth-order valence-electron chi connectivity index (χ4n) is 3.30. The van der Waals surface area contributed by atoms with E-state index in [0.29, 0.717) is 16.6 Å². The summed E-state index contributed by atoms with van der Waals surface area (Å²) in [6.45, 7) is 0.179. The van der Waals surface area contributed by atoms with Crippen molar-refractivity contribution in [1.29, 1.82) is 0 Å². The Morgan fingerprint density at radius 1 is 1.09 bits per heavy atom. The van der Waals surface area contributed by atoms with Crippen LogP contribution in [0.2, 0.25) is 0 Å². The molecule has 0 spiro atoms. The van der Waals surface area contributed by atoms with Gasteiger partial charge in [-0.05, 0) is 49.0 Å². The highest BCUT2D eigenvalue weighted by molar-refractivity contribution is 7.89. The zero-order chi connectivity index (χ0) is 23.6. The Labute approximate surface area is 189 Å². The fourth-order valence-corrected chi connectivity index (χ4v) is 4.03. The first-order valence-electron chi connectivity index (χ1n) is 9.81. The van der Waals surface area contributed by atoms with Crippen molar-refractivity contribution in [2.45, 2.75) is 11.4 Å². The Morgan fingerprint density at radius 2 is 1.79 bits per heavy atom. The van der Waals surface area contributed by atoms with Gasteiger partial charge in [0.1, 0.15) is 11.3 Å². The van der Waals surface area contributed by atoms with Gasteiger partial charge in [-0.25, -0.2) is 27.2 Å². The van der Waals surface area contributed by atoms with E-state index in [4.69, 9.17) is 4.74 Å². The molecule has 0 fully saturated rings. The molecule has 0 saturated carbocycles. The minimum atomic E-state index is -3.53. The largest absolute Gasteiger partial charge is 0.479 e. The lowest BCUT2D eigenvalue weighted by Crippen LogP contribution is -2.23. The first-order valence-corrected chi connectivity index (χ1v) is 11.3. The number of nitrogens with one attached hydrogen (secondary N) is 2. The van der Waals surface area contributed by atoms with E-state index < -0.39 is 10.0 Å². The molecule has 4 rings (SSSR count). The molecule has 2 N–H and O–H groups in total. The molecule has 170 valence electrons. The van der Waals surface area contributed by atoms with Gasteiger partial charge in [0.25, 0.3) is 5.91 Å². The van der Waals surface area contributed by atoms with Gasteiger partial charge in [0.05, 0.1) is 29.5 Å². The van der Waals surface area contributed by atoms with Gasteiger partial charge >= 0.3 is 0 Å². The monoisotopic (exact) mass is 469 g/mol. The molecule has 0 unspecified atom stereocenters. The maximum absolute atomic E-state index is 13.3. The average Bonchev–Trinajstić information content (AvgIpc) is 3.28. The highest BCUT2D eigenvalue weighted by Crippen LogP contribution is 2.28. The fraction of sp³-hybridized carbons (Fsp3) is 0.136. The molecule has 0 aliphatic rings. The lowest BCUT2D eigenvalue weighted by atomic mass is 10.1. The van der Waals surface area contributed by atoms with Crippen molar-refractivity contribution >= 4 is 26.8 Å². The minimum Gasteiger partial charge on any atom is -0.479 e. The predicted molar refractivity (Wildman–Crippen MR) is 119 cm³/mol. The number of hydrogen-bond acceptors (Lipinski definition) is 6. The molecule has 0 saturated heterocycles. The van der Waals surface area contributed by atoms with E-state index in [9.17, 15) is 17.6 Å². The summed E-state index contributed by atoms with van der Waals surface area (Å²) in [4.78, 5) is 17.3. The number of rotatable bonds is 7. The van der Waals surface area contributed by atoms with E-state index in [0.717, 1.165) is 5.56 Å². The van der Waals surface area contributed by atoms with Crippen molar-refractivity contribution in [3.63, 3.8) is 0 Å². The summed E-state index contributed by atoms with van der Waals surface area (Å²) in [6, 6.07) is 11.9. The third-order valence-electron chi connectivity index (χ3n) is 5.04. The van der Waals surface area contributed by atoms with Crippen LogP contribution in [0.15, 0.2) is 65.8 Å². The second-order valence-electron chi connectivity index (χ2n) is 7.01. The van der Waals surface area contributed by atoms with Crippen LogP contribution in [0.1, 0.15) is 15.9 Å². The van der Waals surface area contributed by atoms with Crippen LogP contribution >= 0.6 is 0 Å². The molecule has 2 heterocycles. The number of fused-ring (bicyclic) bond motifs is 1. The molecule has 0 aliphatic heterocycles. The molecular weight excluding hydrogens is 449 g/mol. The maximum atomic E-state index is 13.3. The number of carbonyl (C=O) groups is 1. The van der Waals surface area contributed by atoms with Crippen molar-refractivity contribution in [3.05, 3.63) is 77.9 Å². The zero-order valence-corrected chi connectivity index (χ0v) is 18.6. The number of benzene rings is 2. The summed E-state index contributed by atoms with van der Waals surface area (Å²) >= 11 is 0. The van der Waals surface area contributed by atoms with Gasteiger partial charge in [0.15, 0.2) is 0 Å². The number of ether oxygens (including phenoxy) is 1. The van der Waals surface area contributed by atoms with Gasteiger partial charge in [-0.1, -0.05) is 12.1 Å². The molecule has 2 aromatic heterocycles. The topological polar surface area (TPSA) is 115 Å².